The molecular weight excluding hydrogens is 862 g/mol. The van der Waals surface area contributed by atoms with Gasteiger partial charge < -0.3 is 34.0 Å². The maximum atomic E-state index is 12.8. The monoisotopic (exact) mass is 952 g/mol. The van der Waals surface area contributed by atoms with Crippen LogP contribution in [0.15, 0.2) is 8.83 Å². The van der Waals surface area contributed by atoms with Crippen molar-refractivity contribution in [2.45, 2.75) is 246 Å². The standard InChI is InChI=1S/C52H90NO12P/c1-7-9-25-31-46-40(3)42(5)48(64-46)33-27-21-17-13-11-12-14-20-24-30-36-51(55)63-44(38-61-66(58,59)62-39-45(53)52(56)57)37-60-50(54)35-29-23-19-16-15-18-22-28-34-49-43(6)41(4)47(65-49)32-26-10-8-2/h44-45H,7-39,53H2,1-6H3,(H,56,57)(H,58,59). The summed E-state index contributed by atoms with van der Waals surface area (Å²) in [5.41, 5.74) is 10.6. The smallest absolute Gasteiger partial charge is 0.472 e. The van der Waals surface area contributed by atoms with E-state index in [2.05, 4.69) is 41.5 Å². The van der Waals surface area contributed by atoms with Crippen LogP contribution in [0.1, 0.15) is 226 Å². The number of unbranched alkanes of at least 4 members (excludes halogenated alkanes) is 20. The van der Waals surface area contributed by atoms with Gasteiger partial charge in [0.15, 0.2) is 6.10 Å². The van der Waals surface area contributed by atoms with Crippen molar-refractivity contribution < 1.29 is 56.3 Å². The number of phosphoric acid groups is 1. The van der Waals surface area contributed by atoms with E-state index in [1.165, 1.54) is 104 Å². The number of aliphatic carboxylic acids is 1. The fraction of sp³-hybridized carbons (Fsp3) is 0.788. The van der Waals surface area contributed by atoms with Crippen molar-refractivity contribution in [3.05, 3.63) is 45.3 Å². The van der Waals surface area contributed by atoms with Crippen LogP contribution < -0.4 is 5.73 Å². The lowest BCUT2D eigenvalue weighted by Crippen LogP contribution is -2.34. The van der Waals surface area contributed by atoms with Crippen molar-refractivity contribution >= 4 is 25.7 Å². The summed E-state index contributed by atoms with van der Waals surface area (Å²) in [4.78, 5) is 46.4. The topological polar surface area (TPSA) is 198 Å². The molecule has 3 atom stereocenters. The molecule has 0 aliphatic carbocycles. The van der Waals surface area contributed by atoms with Gasteiger partial charge in [0.25, 0.3) is 0 Å². The Kier molecular flexibility index (Phi) is 31.6. The van der Waals surface area contributed by atoms with Gasteiger partial charge in [0.2, 0.25) is 0 Å². The van der Waals surface area contributed by atoms with Gasteiger partial charge in [-0.2, -0.15) is 0 Å². The van der Waals surface area contributed by atoms with E-state index in [9.17, 15) is 23.8 Å². The third kappa shape index (κ3) is 26.0. The molecule has 0 amide bonds. The van der Waals surface area contributed by atoms with E-state index < -0.39 is 51.1 Å². The van der Waals surface area contributed by atoms with Crippen LogP contribution in [0.5, 0.6) is 0 Å². The average molecular weight is 952 g/mol. The van der Waals surface area contributed by atoms with Gasteiger partial charge in [0.1, 0.15) is 35.7 Å². The minimum Gasteiger partial charge on any atom is -0.480 e. The number of rotatable bonds is 42. The number of furan rings is 2. The quantitative estimate of drug-likeness (QED) is 0.0323. The molecule has 3 unspecified atom stereocenters. The number of hydrogen-bond donors (Lipinski definition) is 3. The van der Waals surface area contributed by atoms with Crippen molar-refractivity contribution in [1.29, 1.82) is 0 Å². The van der Waals surface area contributed by atoms with E-state index in [-0.39, 0.29) is 19.4 Å². The molecule has 0 aliphatic rings. The molecule has 2 aromatic heterocycles. The second-order valence-corrected chi connectivity index (χ2v) is 19.9. The summed E-state index contributed by atoms with van der Waals surface area (Å²) in [6, 6.07) is -1.53. The highest BCUT2D eigenvalue weighted by Gasteiger charge is 2.28. The molecule has 0 fully saturated rings. The molecule has 0 saturated carbocycles. The van der Waals surface area contributed by atoms with Crippen molar-refractivity contribution in [1.82, 2.24) is 0 Å². The van der Waals surface area contributed by atoms with Crippen LogP contribution in [0.25, 0.3) is 0 Å². The summed E-state index contributed by atoms with van der Waals surface area (Å²) in [6.45, 7) is 11.4. The van der Waals surface area contributed by atoms with Crippen LogP contribution in [-0.4, -0.2) is 59.9 Å². The molecule has 0 aromatic carbocycles. The average Bonchev–Trinajstić information content (AvgIpc) is 3.71. The minimum atomic E-state index is -4.74. The van der Waals surface area contributed by atoms with Crippen molar-refractivity contribution in [2.24, 2.45) is 5.73 Å². The Morgan fingerprint density at radius 2 is 0.848 bits per heavy atom. The fourth-order valence-electron chi connectivity index (χ4n) is 8.13. The first-order valence-electron chi connectivity index (χ1n) is 25.8. The first kappa shape index (κ1) is 59.2. The molecule has 13 nitrogen and oxygen atoms in total. The van der Waals surface area contributed by atoms with E-state index in [1.807, 2.05) is 0 Å². The number of carboxylic acid groups (broad SMARTS) is 1. The summed E-state index contributed by atoms with van der Waals surface area (Å²) in [7, 11) is -4.74. The summed E-state index contributed by atoms with van der Waals surface area (Å²) >= 11 is 0. The number of carbonyl (C=O) groups excluding carboxylic acids is 2. The summed E-state index contributed by atoms with van der Waals surface area (Å²) in [5, 5.41) is 8.95. The normalized spacial score (nSPS) is 13.5. The second kappa shape index (κ2) is 35.2. The van der Waals surface area contributed by atoms with Crippen molar-refractivity contribution in [3.63, 3.8) is 0 Å². The van der Waals surface area contributed by atoms with E-state index in [1.54, 1.807) is 0 Å². The number of carbonyl (C=O) groups is 3. The zero-order chi connectivity index (χ0) is 48.6. The lowest BCUT2D eigenvalue weighted by atomic mass is 10.0. The number of aryl methyl sites for hydroxylation is 4. The van der Waals surface area contributed by atoms with Gasteiger partial charge in [0, 0.05) is 38.5 Å². The van der Waals surface area contributed by atoms with Gasteiger partial charge in [-0.3, -0.25) is 23.4 Å². The number of nitrogens with two attached hydrogens (primary N) is 1. The predicted molar refractivity (Wildman–Crippen MR) is 261 cm³/mol. The Morgan fingerprint density at radius 3 is 1.23 bits per heavy atom. The highest BCUT2D eigenvalue weighted by Crippen LogP contribution is 2.43. The van der Waals surface area contributed by atoms with Gasteiger partial charge >= 0.3 is 25.7 Å². The van der Waals surface area contributed by atoms with Crippen LogP contribution >= 0.6 is 7.82 Å². The highest BCUT2D eigenvalue weighted by molar-refractivity contribution is 7.47. The number of hydrogen-bond acceptors (Lipinski definition) is 11. The first-order chi connectivity index (χ1) is 31.7. The Hall–Kier alpha value is -2.96. The Morgan fingerprint density at radius 1 is 0.515 bits per heavy atom. The summed E-state index contributed by atoms with van der Waals surface area (Å²) in [6.07, 6.45) is 29.5. The Balaban J connectivity index is 1.62. The molecule has 14 heteroatoms. The lowest BCUT2D eigenvalue weighted by Gasteiger charge is -2.20. The fourth-order valence-corrected chi connectivity index (χ4v) is 8.91. The predicted octanol–water partition coefficient (Wildman–Crippen LogP) is 13.2. The number of phosphoric ester groups is 1. The largest absolute Gasteiger partial charge is 0.480 e. The SMILES string of the molecule is CCCCCc1oc(CCCCCCCCCCCCC(=O)OC(COC(=O)CCCCCCCCCCc2oc(CCCCC)c(C)c2C)COP(=O)(O)OCC(N)C(=O)O)c(C)c1C. The maximum absolute atomic E-state index is 12.8. The molecular formula is C52H90NO12P. The maximum Gasteiger partial charge on any atom is 0.472 e. The van der Waals surface area contributed by atoms with E-state index in [0.29, 0.717) is 12.8 Å². The van der Waals surface area contributed by atoms with Gasteiger partial charge in [-0.15, -0.1) is 0 Å². The molecule has 4 N–H and O–H groups in total. The molecule has 380 valence electrons. The Bertz CT molecular complexity index is 1680. The van der Waals surface area contributed by atoms with Crippen molar-refractivity contribution in [3.8, 4) is 0 Å². The zero-order valence-corrected chi connectivity index (χ0v) is 42.9. The molecule has 0 saturated heterocycles. The molecule has 2 rings (SSSR count). The second-order valence-electron chi connectivity index (χ2n) is 18.5. The van der Waals surface area contributed by atoms with Crippen LogP contribution in [-0.2, 0) is 63.2 Å². The van der Waals surface area contributed by atoms with Gasteiger partial charge in [-0.25, -0.2) is 4.57 Å². The molecule has 2 aromatic rings. The third-order valence-corrected chi connectivity index (χ3v) is 13.7. The molecule has 0 spiro atoms. The van der Waals surface area contributed by atoms with E-state index in [4.69, 9.17) is 38.2 Å². The summed E-state index contributed by atoms with van der Waals surface area (Å²) < 4.78 is 45.4. The van der Waals surface area contributed by atoms with Gasteiger partial charge in [-0.1, -0.05) is 129 Å². The first-order valence-corrected chi connectivity index (χ1v) is 27.3. The minimum absolute atomic E-state index is 0.142. The summed E-state index contributed by atoms with van der Waals surface area (Å²) in [5.74, 6) is 2.23. The number of ether oxygens (including phenoxy) is 2. The lowest BCUT2D eigenvalue weighted by molar-refractivity contribution is -0.161. The molecule has 2 heterocycles. The third-order valence-electron chi connectivity index (χ3n) is 12.8. The zero-order valence-electron chi connectivity index (χ0n) is 42.0. The molecule has 0 aliphatic heterocycles. The van der Waals surface area contributed by atoms with Gasteiger partial charge in [0.05, 0.1) is 13.2 Å². The number of carboxylic acids is 1. The molecule has 0 bridgehead atoms. The van der Waals surface area contributed by atoms with Crippen LogP contribution in [0.3, 0.4) is 0 Å². The number of esters is 2. The van der Waals surface area contributed by atoms with E-state index in [0.717, 1.165) is 108 Å². The molecule has 66 heavy (non-hydrogen) atoms. The van der Waals surface area contributed by atoms with Crippen molar-refractivity contribution in [2.75, 3.05) is 19.8 Å². The van der Waals surface area contributed by atoms with Gasteiger partial charge in [-0.05, 0) is 88.5 Å². The van der Waals surface area contributed by atoms with E-state index >= 15 is 0 Å². The van der Waals surface area contributed by atoms with Crippen LogP contribution in [0.2, 0.25) is 0 Å². The van der Waals surface area contributed by atoms with Crippen LogP contribution in [0.4, 0.5) is 0 Å². The molecule has 0 radical (unpaired) electrons. The highest BCUT2D eigenvalue weighted by atomic mass is 31.2. The Labute approximate surface area is 398 Å². The van der Waals surface area contributed by atoms with Crippen LogP contribution in [0, 0.1) is 27.7 Å².